The lowest BCUT2D eigenvalue weighted by atomic mass is 10.1. The minimum absolute atomic E-state index is 0.115. The summed E-state index contributed by atoms with van der Waals surface area (Å²) in [6.45, 7) is 2.02. The molecule has 1 amide bonds. The van der Waals surface area contributed by atoms with Crippen LogP contribution in [0.2, 0.25) is 5.02 Å². The first kappa shape index (κ1) is 18.0. The Morgan fingerprint density at radius 1 is 1.21 bits per heavy atom. The van der Waals surface area contributed by atoms with Crippen LogP contribution in [0.25, 0.3) is 11.3 Å². The summed E-state index contributed by atoms with van der Waals surface area (Å²) in [7, 11) is 0. The summed E-state index contributed by atoms with van der Waals surface area (Å²) >= 11 is 6.08. The smallest absolute Gasteiger partial charge is 0.228 e. The van der Waals surface area contributed by atoms with Gasteiger partial charge in [0.1, 0.15) is 0 Å². The predicted octanol–water partition coefficient (Wildman–Crippen LogP) is 4.80. The number of halogens is 1. The van der Waals surface area contributed by atoms with Crippen LogP contribution in [0.15, 0.2) is 48.7 Å². The Balaban J connectivity index is 1.67. The van der Waals surface area contributed by atoms with E-state index in [1.807, 2.05) is 37.3 Å². The number of nitrogens with one attached hydrogen (secondary N) is 2. The maximum atomic E-state index is 12.2. The van der Waals surface area contributed by atoms with Crippen molar-refractivity contribution in [2.24, 2.45) is 0 Å². The minimum Gasteiger partial charge on any atom is -0.325 e. The molecule has 0 bridgehead atoms. The SMILES string of the molecule is CCC#Cc1ccc(Nc2ncc3c(n2)-c2ccc(Cl)cc2NC(=O)C3)cc1. The van der Waals surface area contributed by atoms with E-state index in [4.69, 9.17) is 11.6 Å². The van der Waals surface area contributed by atoms with Gasteiger partial charge in [-0.1, -0.05) is 30.4 Å². The maximum Gasteiger partial charge on any atom is 0.228 e. The first-order valence-electron chi connectivity index (χ1n) is 8.94. The van der Waals surface area contributed by atoms with Crippen molar-refractivity contribution in [2.75, 3.05) is 10.6 Å². The van der Waals surface area contributed by atoms with E-state index in [9.17, 15) is 4.79 Å². The first-order chi connectivity index (χ1) is 13.6. The Kier molecular flexibility index (Phi) is 4.96. The van der Waals surface area contributed by atoms with Crippen molar-refractivity contribution in [3.8, 4) is 23.1 Å². The Bertz CT molecular complexity index is 1110. The topological polar surface area (TPSA) is 66.9 Å². The van der Waals surface area contributed by atoms with Crippen molar-refractivity contribution in [3.63, 3.8) is 0 Å². The monoisotopic (exact) mass is 388 g/mol. The lowest BCUT2D eigenvalue weighted by molar-refractivity contribution is -0.115. The van der Waals surface area contributed by atoms with E-state index in [1.54, 1.807) is 18.3 Å². The number of amides is 1. The van der Waals surface area contributed by atoms with Crippen LogP contribution < -0.4 is 10.6 Å². The van der Waals surface area contributed by atoms with Crippen molar-refractivity contribution in [1.29, 1.82) is 0 Å². The molecule has 3 aromatic rings. The van der Waals surface area contributed by atoms with Gasteiger partial charge in [0, 0.05) is 40.0 Å². The van der Waals surface area contributed by atoms with Gasteiger partial charge in [0.05, 0.1) is 17.8 Å². The molecule has 1 aromatic heterocycles. The zero-order valence-corrected chi connectivity index (χ0v) is 16.0. The molecule has 28 heavy (non-hydrogen) atoms. The number of carbonyl (C=O) groups is 1. The molecule has 0 unspecified atom stereocenters. The third-order valence-electron chi connectivity index (χ3n) is 4.28. The highest BCUT2D eigenvalue weighted by Gasteiger charge is 2.21. The highest BCUT2D eigenvalue weighted by molar-refractivity contribution is 6.31. The number of hydrogen-bond donors (Lipinski definition) is 2. The molecular weight excluding hydrogens is 372 g/mol. The van der Waals surface area contributed by atoms with Crippen LogP contribution in [0.5, 0.6) is 0 Å². The van der Waals surface area contributed by atoms with Crippen molar-refractivity contribution >= 4 is 34.8 Å². The van der Waals surface area contributed by atoms with Gasteiger partial charge in [-0.2, -0.15) is 0 Å². The van der Waals surface area contributed by atoms with Gasteiger partial charge in [0.15, 0.2) is 0 Å². The molecule has 1 aliphatic heterocycles. The molecule has 138 valence electrons. The summed E-state index contributed by atoms with van der Waals surface area (Å²) in [6.07, 6.45) is 2.73. The van der Waals surface area contributed by atoms with Crippen molar-refractivity contribution in [2.45, 2.75) is 19.8 Å². The van der Waals surface area contributed by atoms with Crippen molar-refractivity contribution < 1.29 is 4.79 Å². The molecule has 6 heteroatoms. The van der Waals surface area contributed by atoms with E-state index in [0.29, 0.717) is 22.4 Å². The fourth-order valence-corrected chi connectivity index (χ4v) is 3.15. The summed E-state index contributed by atoms with van der Waals surface area (Å²) in [6, 6.07) is 13.2. The Morgan fingerprint density at radius 2 is 2.04 bits per heavy atom. The number of carbonyl (C=O) groups excluding carboxylic acids is 1. The lowest BCUT2D eigenvalue weighted by Gasteiger charge is -2.11. The number of aromatic nitrogens is 2. The minimum atomic E-state index is -0.115. The fraction of sp³-hybridized carbons (Fsp3) is 0.136. The largest absolute Gasteiger partial charge is 0.325 e. The number of hydrogen-bond acceptors (Lipinski definition) is 4. The van der Waals surface area contributed by atoms with E-state index in [0.717, 1.165) is 28.8 Å². The molecule has 0 saturated carbocycles. The van der Waals surface area contributed by atoms with Gasteiger partial charge >= 0.3 is 0 Å². The van der Waals surface area contributed by atoms with E-state index < -0.39 is 0 Å². The van der Waals surface area contributed by atoms with Gasteiger partial charge in [-0.25, -0.2) is 9.97 Å². The van der Waals surface area contributed by atoms with Crippen molar-refractivity contribution in [1.82, 2.24) is 9.97 Å². The molecule has 0 saturated heterocycles. The van der Waals surface area contributed by atoms with Crippen LogP contribution in [-0.2, 0) is 11.2 Å². The summed E-state index contributed by atoms with van der Waals surface area (Å²) < 4.78 is 0. The van der Waals surface area contributed by atoms with Crippen molar-refractivity contribution in [3.05, 3.63) is 64.8 Å². The second-order valence-electron chi connectivity index (χ2n) is 6.34. The van der Waals surface area contributed by atoms with Crippen LogP contribution in [0.4, 0.5) is 17.3 Å². The van der Waals surface area contributed by atoms with Crippen LogP contribution in [0.3, 0.4) is 0 Å². The van der Waals surface area contributed by atoms with E-state index in [2.05, 4.69) is 32.4 Å². The Hall–Kier alpha value is -3.36. The average molecular weight is 389 g/mol. The molecule has 4 rings (SSSR count). The molecule has 2 N–H and O–H groups in total. The standard InChI is InChI=1S/C22H17ClN4O/c1-2-3-4-14-5-8-17(9-6-14)25-22-24-13-15-11-20(28)26-19-12-16(23)7-10-18(19)21(15)27-22/h5-10,12-13H,2,11H2,1H3,(H,26,28)(H,24,25,27). The summed E-state index contributed by atoms with van der Waals surface area (Å²) in [5, 5.41) is 6.64. The third-order valence-corrected chi connectivity index (χ3v) is 4.51. The van der Waals surface area contributed by atoms with Gasteiger partial charge in [0.25, 0.3) is 0 Å². The fourth-order valence-electron chi connectivity index (χ4n) is 2.98. The first-order valence-corrected chi connectivity index (χ1v) is 9.32. The molecular formula is C22H17ClN4O. The number of benzene rings is 2. The third kappa shape index (κ3) is 3.83. The van der Waals surface area contributed by atoms with E-state index >= 15 is 0 Å². The molecule has 0 aliphatic carbocycles. The van der Waals surface area contributed by atoms with Gasteiger partial charge in [-0.3, -0.25) is 4.79 Å². The normalized spacial score (nSPS) is 12.0. The second kappa shape index (κ2) is 7.71. The van der Waals surface area contributed by atoms with Gasteiger partial charge in [-0.15, -0.1) is 0 Å². The van der Waals surface area contributed by atoms with Gasteiger partial charge < -0.3 is 10.6 Å². The predicted molar refractivity (Wildman–Crippen MR) is 112 cm³/mol. The molecule has 5 nitrogen and oxygen atoms in total. The van der Waals surface area contributed by atoms with E-state index in [1.165, 1.54) is 0 Å². The molecule has 1 aliphatic rings. The molecule has 2 heterocycles. The summed E-state index contributed by atoms with van der Waals surface area (Å²) in [5.74, 6) is 6.49. The molecule has 0 spiro atoms. The summed E-state index contributed by atoms with van der Waals surface area (Å²) in [4.78, 5) is 21.2. The highest BCUT2D eigenvalue weighted by atomic mass is 35.5. The van der Waals surface area contributed by atoms with Crippen LogP contribution >= 0.6 is 11.6 Å². The van der Waals surface area contributed by atoms with Crippen LogP contribution in [0.1, 0.15) is 24.5 Å². The zero-order chi connectivity index (χ0) is 19.5. The second-order valence-corrected chi connectivity index (χ2v) is 6.78. The molecule has 0 radical (unpaired) electrons. The lowest BCUT2D eigenvalue weighted by Crippen LogP contribution is -2.12. The Labute approximate surface area is 168 Å². The number of fused-ring (bicyclic) bond motifs is 3. The number of anilines is 3. The quantitative estimate of drug-likeness (QED) is 0.619. The zero-order valence-electron chi connectivity index (χ0n) is 15.2. The average Bonchev–Trinajstić information content (AvgIpc) is 2.82. The van der Waals surface area contributed by atoms with Crippen LogP contribution in [-0.4, -0.2) is 15.9 Å². The van der Waals surface area contributed by atoms with Gasteiger partial charge in [0.2, 0.25) is 11.9 Å². The summed E-state index contributed by atoms with van der Waals surface area (Å²) in [5.41, 5.74) is 4.79. The van der Waals surface area contributed by atoms with E-state index in [-0.39, 0.29) is 12.3 Å². The molecule has 0 fully saturated rings. The highest BCUT2D eigenvalue weighted by Crippen LogP contribution is 2.34. The maximum absolute atomic E-state index is 12.2. The molecule has 2 aromatic carbocycles. The number of nitrogens with zero attached hydrogens (tertiary/aromatic N) is 2. The van der Waals surface area contributed by atoms with Crippen LogP contribution in [0, 0.1) is 11.8 Å². The van der Waals surface area contributed by atoms with Gasteiger partial charge in [-0.05, 0) is 42.5 Å². The number of rotatable bonds is 2. The Morgan fingerprint density at radius 3 is 2.82 bits per heavy atom. The molecule has 0 atom stereocenters.